The van der Waals surface area contributed by atoms with Gasteiger partial charge in [-0.2, -0.15) is 0 Å². The molecule has 0 fully saturated rings. The minimum Gasteiger partial charge on any atom is -0.370 e. The molecule has 0 aliphatic heterocycles. The van der Waals surface area contributed by atoms with E-state index in [9.17, 15) is 24.5 Å². The topological polar surface area (TPSA) is 210 Å². The zero-order valence-electron chi connectivity index (χ0n) is 19.8. The first kappa shape index (κ1) is 25.5. The van der Waals surface area contributed by atoms with Crippen LogP contribution in [0, 0.1) is 10.1 Å². The number of aliphatic imine (C=N–C) groups is 1. The number of aromatic nitrogens is 3. The third kappa shape index (κ3) is 5.88. The summed E-state index contributed by atoms with van der Waals surface area (Å²) in [5, 5.41) is 19.0. The number of rotatable bonds is 9. The lowest BCUT2D eigenvalue weighted by atomic mass is 10.3. The Morgan fingerprint density at radius 3 is 1.81 bits per heavy atom. The molecule has 0 aliphatic rings. The van der Waals surface area contributed by atoms with Gasteiger partial charge < -0.3 is 41.1 Å². The molecular weight excluding hydrogens is 472 g/mol. The summed E-state index contributed by atoms with van der Waals surface area (Å²) >= 11 is 0. The second kappa shape index (κ2) is 10.5. The molecule has 15 heteroatoms. The summed E-state index contributed by atoms with van der Waals surface area (Å²) in [4.78, 5) is 51.9. The van der Waals surface area contributed by atoms with Crippen LogP contribution in [0.25, 0.3) is 0 Å². The number of nitrogens with zero attached hydrogens (tertiary/aromatic N) is 5. The van der Waals surface area contributed by atoms with Gasteiger partial charge in [0.2, 0.25) is 0 Å². The Labute approximate surface area is 204 Å². The van der Waals surface area contributed by atoms with E-state index in [0.717, 1.165) is 6.07 Å². The smallest absolute Gasteiger partial charge is 0.287 e. The summed E-state index contributed by atoms with van der Waals surface area (Å²) in [5.41, 5.74) is 11.6. The van der Waals surface area contributed by atoms with Gasteiger partial charge in [0, 0.05) is 46.1 Å². The van der Waals surface area contributed by atoms with Crippen molar-refractivity contribution < 1.29 is 19.3 Å². The zero-order chi connectivity index (χ0) is 26.6. The summed E-state index contributed by atoms with van der Waals surface area (Å²) in [6.07, 6.45) is 4.35. The van der Waals surface area contributed by atoms with Crippen molar-refractivity contribution in [3.05, 3.63) is 64.0 Å². The zero-order valence-corrected chi connectivity index (χ0v) is 19.8. The third-order valence-electron chi connectivity index (χ3n) is 5.12. The van der Waals surface area contributed by atoms with Crippen molar-refractivity contribution >= 4 is 40.7 Å². The number of carbonyl (C=O) groups is 3. The Morgan fingerprint density at radius 2 is 1.33 bits per heavy atom. The predicted octanol–water partition coefficient (Wildman–Crippen LogP) is 0.118. The van der Waals surface area contributed by atoms with Gasteiger partial charge in [-0.3, -0.25) is 29.5 Å². The van der Waals surface area contributed by atoms with E-state index in [4.69, 9.17) is 11.5 Å². The van der Waals surface area contributed by atoms with E-state index in [2.05, 4.69) is 20.9 Å². The molecular formula is C21H26N10O5. The monoisotopic (exact) mass is 498 g/mol. The average Bonchev–Trinajstić information content (AvgIpc) is 3.47. The molecule has 0 saturated heterocycles. The van der Waals surface area contributed by atoms with Crippen LogP contribution >= 0.6 is 0 Å². The fraction of sp³-hybridized carbons (Fsp3) is 0.238. The van der Waals surface area contributed by atoms with Gasteiger partial charge >= 0.3 is 0 Å². The van der Waals surface area contributed by atoms with Crippen LogP contribution in [0.5, 0.6) is 0 Å². The number of nitro groups is 1. The lowest BCUT2D eigenvalue weighted by Gasteiger charge is -2.04. The van der Waals surface area contributed by atoms with Crippen molar-refractivity contribution in [1.29, 1.82) is 0 Å². The molecule has 15 nitrogen and oxygen atoms in total. The first-order valence-electron chi connectivity index (χ1n) is 10.6. The van der Waals surface area contributed by atoms with Crippen LogP contribution in [-0.4, -0.2) is 55.4 Å². The second-order valence-electron chi connectivity index (χ2n) is 7.87. The number of carbonyl (C=O) groups excluding carboxylic acids is 3. The van der Waals surface area contributed by atoms with Crippen molar-refractivity contribution in [2.24, 2.45) is 37.6 Å². The minimum atomic E-state index is -0.590. The van der Waals surface area contributed by atoms with E-state index in [-0.39, 0.29) is 42.0 Å². The predicted molar refractivity (Wildman–Crippen MR) is 132 cm³/mol. The molecule has 0 aliphatic carbocycles. The number of hydrogen-bond acceptors (Lipinski definition) is 6. The molecule has 0 bridgehead atoms. The van der Waals surface area contributed by atoms with Crippen LogP contribution in [0.1, 0.15) is 31.5 Å². The van der Waals surface area contributed by atoms with E-state index < -0.39 is 16.7 Å². The Balaban J connectivity index is 1.66. The molecule has 0 aromatic carbocycles. The molecule has 3 rings (SSSR count). The van der Waals surface area contributed by atoms with Gasteiger partial charge in [-0.1, -0.05) is 0 Å². The molecule has 3 aromatic heterocycles. The summed E-state index contributed by atoms with van der Waals surface area (Å²) in [7, 11) is 4.80. The Kier molecular flexibility index (Phi) is 7.42. The fourth-order valence-electron chi connectivity index (χ4n) is 3.43. The second-order valence-corrected chi connectivity index (χ2v) is 7.87. The highest BCUT2D eigenvalue weighted by Crippen LogP contribution is 2.20. The number of aryl methyl sites for hydroxylation is 3. The van der Waals surface area contributed by atoms with Gasteiger partial charge in [-0.15, -0.1) is 0 Å². The molecule has 3 heterocycles. The number of amides is 3. The van der Waals surface area contributed by atoms with Crippen molar-refractivity contribution in [2.75, 3.05) is 23.7 Å². The van der Waals surface area contributed by atoms with Crippen molar-refractivity contribution in [2.45, 2.75) is 0 Å². The summed E-state index contributed by atoms with van der Waals surface area (Å²) in [6.45, 7) is 0.465. The highest BCUT2D eigenvalue weighted by atomic mass is 16.6. The van der Waals surface area contributed by atoms with Crippen molar-refractivity contribution in [3.8, 4) is 0 Å². The molecule has 0 atom stereocenters. The maximum Gasteiger partial charge on any atom is 0.287 e. The quantitative estimate of drug-likeness (QED) is 0.0903. The Hall–Kier alpha value is -5.08. The first-order chi connectivity index (χ1) is 17.0. The van der Waals surface area contributed by atoms with Crippen molar-refractivity contribution in [3.63, 3.8) is 0 Å². The average molecular weight is 499 g/mol. The molecule has 0 radical (unpaired) electrons. The van der Waals surface area contributed by atoms with Crippen LogP contribution in [0.4, 0.5) is 17.1 Å². The molecule has 0 spiro atoms. The number of hydrogen-bond donors (Lipinski definition) is 5. The fourth-order valence-corrected chi connectivity index (χ4v) is 3.43. The molecule has 36 heavy (non-hydrogen) atoms. The lowest BCUT2D eigenvalue weighted by molar-refractivity contribution is -0.384. The maximum atomic E-state index is 12.8. The highest BCUT2D eigenvalue weighted by Gasteiger charge is 2.20. The van der Waals surface area contributed by atoms with Gasteiger partial charge in [-0.25, -0.2) is 0 Å². The van der Waals surface area contributed by atoms with Crippen LogP contribution < -0.4 is 27.4 Å². The summed E-state index contributed by atoms with van der Waals surface area (Å²) in [5.74, 6) is -1.48. The highest BCUT2D eigenvalue weighted by molar-refractivity contribution is 6.07. The number of nitrogens with one attached hydrogen (secondary N) is 3. The number of guanidine groups is 1. The molecule has 0 saturated carbocycles. The van der Waals surface area contributed by atoms with Gasteiger partial charge in [0.15, 0.2) is 5.96 Å². The van der Waals surface area contributed by atoms with Crippen LogP contribution in [0.15, 0.2) is 41.8 Å². The summed E-state index contributed by atoms with van der Waals surface area (Å²) in [6, 6.07) is 4.14. The first-order valence-corrected chi connectivity index (χ1v) is 10.6. The van der Waals surface area contributed by atoms with Crippen LogP contribution in [-0.2, 0) is 21.1 Å². The van der Waals surface area contributed by atoms with Gasteiger partial charge in [-0.05, 0) is 12.1 Å². The lowest BCUT2D eigenvalue weighted by Crippen LogP contribution is -2.29. The summed E-state index contributed by atoms with van der Waals surface area (Å²) < 4.78 is 4.41. The SMILES string of the molecule is Cn1cc(NC(=O)c2cc(NC(=O)c3cc([N+](=O)[O-])cn3C)cn2C)cc1C(=O)NCCN=C(N)N. The minimum absolute atomic E-state index is 0.0690. The van der Waals surface area contributed by atoms with E-state index in [0.29, 0.717) is 17.1 Å². The van der Waals surface area contributed by atoms with Crippen LogP contribution in [0.2, 0.25) is 0 Å². The van der Waals surface area contributed by atoms with Gasteiger partial charge in [0.25, 0.3) is 23.4 Å². The van der Waals surface area contributed by atoms with E-state index in [1.54, 1.807) is 24.9 Å². The number of nitrogens with two attached hydrogens (primary N) is 2. The van der Waals surface area contributed by atoms with E-state index in [1.807, 2.05) is 0 Å². The molecule has 190 valence electrons. The molecule has 3 aromatic rings. The molecule has 3 amide bonds. The maximum absolute atomic E-state index is 12.8. The standard InChI is InChI=1S/C21H26N10O5/c1-28-9-12(6-15(28)18(32)24-4-5-25-21(22)23)26-19(33)16-7-13(10-29(16)2)27-20(34)17-8-14(31(35)36)11-30(17)3/h6-11H,4-5H2,1-3H3,(H,24,32)(H,26,33)(H,27,34)(H4,22,23,25). The normalized spacial score (nSPS) is 10.5. The largest absolute Gasteiger partial charge is 0.370 e. The molecule has 0 unspecified atom stereocenters. The van der Waals surface area contributed by atoms with Gasteiger partial charge in [0.05, 0.1) is 29.0 Å². The Morgan fingerprint density at radius 1 is 0.861 bits per heavy atom. The Bertz CT molecular complexity index is 1360. The van der Waals surface area contributed by atoms with E-state index in [1.165, 1.54) is 40.7 Å². The van der Waals surface area contributed by atoms with Crippen LogP contribution in [0.3, 0.4) is 0 Å². The van der Waals surface area contributed by atoms with Crippen molar-refractivity contribution in [1.82, 2.24) is 19.0 Å². The molecule has 7 N–H and O–H groups in total. The van der Waals surface area contributed by atoms with E-state index >= 15 is 0 Å². The number of anilines is 2. The third-order valence-corrected chi connectivity index (χ3v) is 5.12. The van der Waals surface area contributed by atoms with Gasteiger partial charge in [0.1, 0.15) is 17.1 Å².